The van der Waals surface area contributed by atoms with Gasteiger partial charge in [-0.1, -0.05) is 12.1 Å². The average molecular weight is 359 g/mol. The fraction of sp³-hybridized carbons (Fsp3) is 0.389. The van der Waals surface area contributed by atoms with Crippen LogP contribution in [0.25, 0.3) is 0 Å². The minimum atomic E-state index is -0.0495. The number of methoxy groups -OCH3 is 1. The van der Waals surface area contributed by atoms with E-state index in [-0.39, 0.29) is 11.8 Å². The third kappa shape index (κ3) is 4.36. The third-order valence-electron chi connectivity index (χ3n) is 4.36. The molecule has 6 nitrogen and oxygen atoms in total. The number of aryl methyl sites for hydroxylation is 1. The van der Waals surface area contributed by atoms with Crippen LogP contribution in [0.2, 0.25) is 0 Å². The summed E-state index contributed by atoms with van der Waals surface area (Å²) in [5.41, 5.74) is 3.27. The summed E-state index contributed by atoms with van der Waals surface area (Å²) in [4.78, 5) is 32.3. The quantitative estimate of drug-likeness (QED) is 0.820. The summed E-state index contributed by atoms with van der Waals surface area (Å²) in [6, 6.07) is 7.78. The van der Waals surface area contributed by atoms with Crippen molar-refractivity contribution in [3.63, 3.8) is 0 Å². The average Bonchev–Trinajstić information content (AvgIpc) is 3.21. The van der Waals surface area contributed by atoms with Crippen molar-refractivity contribution >= 4 is 23.2 Å². The summed E-state index contributed by atoms with van der Waals surface area (Å²) < 4.78 is 5.13. The number of nitrogens with zero attached hydrogens (tertiary/aromatic N) is 3. The molecule has 0 atom stereocenters. The summed E-state index contributed by atoms with van der Waals surface area (Å²) in [7, 11) is 1.64. The minimum Gasteiger partial charge on any atom is -0.497 e. The van der Waals surface area contributed by atoms with Gasteiger partial charge in [-0.05, 0) is 24.1 Å². The van der Waals surface area contributed by atoms with Crippen molar-refractivity contribution in [3.05, 3.63) is 46.4 Å². The van der Waals surface area contributed by atoms with Gasteiger partial charge in [0.25, 0.3) is 5.91 Å². The normalized spacial score (nSPS) is 14.4. The van der Waals surface area contributed by atoms with E-state index >= 15 is 0 Å². The molecule has 0 N–H and O–H groups in total. The van der Waals surface area contributed by atoms with Crippen molar-refractivity contribution < 1.29 is 14.3 Å². The second-order valence-corrected chi connectivity index (χ2v) is 6.61. The first-order valence-electron chi connectivity index (χ1n) is 8.25. The molecule has 0 bridgehead atoms. The van der Waals surface area contributed by atoms with Gasteiger partial charge in [0.05, 0.1) is 12.6 Å². The highest BCUT2D eigenvalue weighted by atomic mass is 32.1. The predicted molar refractivity (Wildman–Crippen MR) is 95.9 cm³/mol. The van der Waals surface area contributed by atoms with Gasteiger partial charge in [0.15, 0.2) is 0 Å². The Morgan fingerprint density at radius 1 is 1.12 bits per heavy atom. The second kappa shape index (κ2) is 8.11. The van der Waals surface area contributed by atoms with Gasteiger partial charge in [0.1, 0.15) is 11.4 Å². The van der Waals surface area contributed by atoms with Crippen LogP contribution in [0.4, 0.5) is 0 Å². The molecule has 1 fully saturated rings. The Morgan fingerprint density at radius 2 is 1.80 bits per heavy atom. The highest BCUT2D eigenvalue weighted by Crippen LogP contribution is 2.14. The van der Waals surface area contributed by atoms with E-state index in [9.17, 15) is 9.59 Å². The molecule has 0 aliphatic carbocycles. The molecule has 0 saturated carbocycles. The van der Waals surface area contributed by atoms with Crippen LogP contribution in [0.15, 0.2) is 35.2 Å². The van der Waals surface area contributed by atoms with Crippen LogP contribution in [-0.2, 0) is 11.2 Å². The summed E-state index contributed by atoms with van der Waals surface area (Å²) in [5, 5.41) is 1.76. The Kier molecular flexibility index (Phi) is 5.65. The maximum Gasteiger partial charge on any atom is 0.273 e. The maximum absolute atomic E-state index is 12.4. The molecule has 2 amide bonds. The topological polar surface area (TPSA) is 62.7 Å². The van der Waals surface area contributed by atoms with Crippen LogP contribution in [0, 0.1) is 0 Å². The van der Waals surface area contributed by atoms with E-state index in [4.69, 9.17) is 4.74 Å². The third-order valence-corrected chi connectivity index (χ3v) is 4.94. The molecule has 0 radical (unpaired) electrons. The molecular weight excluding hydrogens is 338 g/mol. The number of piperazine rings is 1. The highest BCUT2D eigenvalue weighted by molar-refractivity contribution is 7.07. The number of ether oxygens (including phenoxy) is 1. The molecule has 1 aromatic heterocycles. The van der Waals surface area contributed by atoms with E-state index in [1.807, 2.05) is 29.2 Å². The minimum absolute atomic E-state index is 0.0495. The zero-order valence-electron chi connectivity index (χ0n) is 14.2. The maximum atomic E-state index is 12.4. The van der Waals surface area contributed by atoms with Gasteiger partial charge in [-0.2, -0.15) is 0 Å². The fourth-order valence-electron chi connectivity index (χ4n) is 2.84. The number of benzene rings is 1. The fourth-order valence-corrected chi connectivity index (χ4v) is 3.37. The first kappa shape index (κ1) is 17.4. The molecule has 1 aromatic carbocycles. The predicted octanol–water partition coefficient (Wildman–Crippen LogP) is 2.07. The molecule has 1 aliphatic heterocycles. The molecule has 2 aromatic rings. The van der Waals surface area contributed by atoms with Crippen LogP contribution in [0.3, 0.4) is 0 Å². The second-order valence-electron chi connectivity index (χ2n) is 5.89. The summed E-state index contributed by atoms with van der Waals surface area (Å²) in [6.07, 6.45) is 1.19. The van der Waals surface area contributed by atoms with Gasteiger partial charge in [0.2, 0.25) is 5.91 Å². The van der Waals surface area contributed by atoms with Crippen LogP contribution in [-0.4, -0.2) is 59.9 Å². The molecular formula is C18H21N3O3S. The van der Waals surface area contributed by atoms with Crippen molar-refractivity contribution in [1.29, 1.82) is 0 Å². The molecule has 1 aliphatic rings. The molecule has 1 saturated heterocycles. The Labute approximate surface area is 151 Å². The van der Waals surface area contributed by atoms with Gasteiger partial charge in [0, 0.05) is 38.0 Å². The lowest BCUT2D eigenvalue weighted by Crippen LogP contribution is -2.50. The molecule has 132 valence electrons. The zero-order valence-corrected chi connectivity index (χ0v) is 15.0. The molecule has 0 unspecified atom stereocenters. The number of hydrogen-bond donors (Lipinski definition) is 0. The van der Waals surface area contributed by atoms with Crippen molar-refractivity contribution in [2.75, 3.05) is 33.3 Å². The van der Waals surface area contributed by atoms with E-state index in [2.05, 4.69) is 4.98 Å². The largest absolute Gasteiger partial charge is 0.497 e. The van der Waals surface area contributed by atoms with E-state index < -0.39 is 0 Å². The molecule has 25 heavy (non-hydrogen) atoms. The number of rotatable bonds is 5. The van der Waals surface area contributed by atoms with Crippen LogP contribution < -0.4 is 4.74 Å². The smallest absolute Gasteiger partial charge is 0.273 e. The van der Waals surface area contributed by atoms with Crippen LogP contribution in [0.5, 0.6) is 5.75 Å². The SMILES string of the molecule is COc1ccc(CCC(=O)N2CCN(C(=O)c3cscn3)CC2)cc1. The molecule has 3 rings (SSSR count). The van der Waals surface area contributed by atoms with E-state index in [0.29, 0.717) is 44.7 Å². The lowest BCUT2D eigenvalue weighted by molar-refractivity contribution is -0.132. The lowest BCUT2D eigenvalue weighted by atomic mass is 10.1. The van der Waals surface area contributed by atoms with E-state index in [0.717, 1.165) is 11.3 Å². The number of carbonyl (C=O) groups is 2. The summed E-state index contributed by atoms with van der Waals surface area (Å²) in [6.45, 7) is 2.28. The Bertz CT molecular complexity index is 708. The van der Waals surface area contributed by atoms with E-state index in [1.54, 1.807) is 22.9 Å². The Morgan fingerprint density at radius 3 is 2.40 bits per heavy atom. The van der Waals surface area contributed by atoms with Gasteiger partial charge in [-0.15, -0.1) is 11.3 Å². The number of thiazole rings is 1. The Hall–Kier alpha value is -2.41. The number of hydrogen-bond acceptors (Lipinski definition) is 5. The number of carbonyl (C=O) groups excluding carboxylic acids is 2. The van der Waals surface area contributed by atoms with Crippen LogP contribution >= 0.6 is 11.3 Å². The van der Waals surface area contributed by atoms with E-state index in [1.165, 1.54) is 11.3 Å². The van der Waals surface area contributed by atoms with Gasteiger partial charge in [-0.3, -0.25) is 9.59 Å². The molecule has 2 heterocycles. The monoisotopic (exact) mass is 359 g/mol. The van der Waals surface area contributed by atoms with Crippen molar-refractivity contribution in [3.8, 4) is 5.75 Å². The summed E-state index contributed by atoms with van der Waals surface area (Å²) in [5.74, 6) is 0.902. The molecule has 7 heteroatoms. The lowest BCUT2D eigenvalue weighted by Gasteiger charge is -2.34. The van der Waals surface area contributed by atoms with Crippen molar-refractivity contribution in [2.24, 2.45) is 0 Å². The van der Waals surface area contributed by atoms with Gasteiger partial charge < -0.3 is 14.5 Å². The summed E-state index contributed by atoms with van der Waals surface area (Å²) >= 11 is 1.41. The standard InChI is InChI=1S/C18H21N3O3S/c1-24-15-5-2-14(3-6-15)4-7-17(22)20-8-10-21(11-9-20)18(23)16-12-25-13-19-16/h2-3,5-6,12-13H,4,7-11H2,1H3. The number of amides is 2. The Balaban J connectivity index is 1.45. The van der Waals surface area contributed by atoms with Crippen molar-refractivity contribution in [2.45, 2.75) is 12.8 Å². The zero-order chi connectivity index (χ0) is 17.6. The first-order valence-corrected chi connectivity index (χ1v) is 9.20. The van der Waals surface area contributed by atoms with Crippen molar-refractivity contribution in [1.82, 2.24) is 14.8 Å². The highest BCUT2D eigenvalue weighted by Gasteiger charge is 2.25. The first-order chi connectivity index (χ1) is 12.2. The van der Waals surface area contributed by atoms with Gasteiger partial charge >= 0.3 is 0 Å². The number of aromatic nitrogens is 1. The molecule has 0 spiro atoms. The van der Waals surface area contributed by atoms with Crippen LogP contribution in [0.1, 0.15) is 22.5 Å². The van der Waals surface area contributed by atoms with Gasteiger partial charge in [-0.25, -0.2) is 4.98 Å².